The van der Waals surface area contributed by atoms with E-state index in [1.165, 1.54) is 11.1 Å². The minimum absolute atomic E-state index is 0.166. The monoisotopic (exact) mass is 264 g/mol. The molecule has 1 aromatic rings. The molecule has 0 saturated carbocycles. The van der Waals surface area contributed by atoms with Gasteiger partial charge in [-0.1, -0.05) is 52.0 Å². The van der Waals surface area contributed by atoms with Gasteiger partial charge in [-0.2, -0.15) is 0 Å². The van der Waals surface area contributed by atoms with Crippen molar-refractivity contribution in [3.05, 3.63) is 35.4 Å². The Labute approximate surface area is 117 Å². The lowest BCUT2D eigenvalue weighted by Gasteiger charge is -2.23. The van der Waals surface area contributed by atoms with Gasteiger partial charge >= 0.3 is 0 Å². The lowest BCUT2D eigenvalue weighted by Crippen LogP contribution is -2.24. The molecular formula is C17H28O2. The molecule has 2 N–H and O–H groups in total. The van der Waals surface area contributed by atoms with E-state index in [1.54, 1.807) is 6.92 Å². The minimum Gasteiger partial charge on any atom is -0.391 e. The molecule has 0 saturated heterocycles. The molecule has 1 aromatic carbocycles. The third-order valence-electron chi connectivity index (χ3n) is 3.82. The zero-order chi connectivity index (χ0) is 14.6. The van der Waals surface area contributed by atoms with Crippen LogP contribution >= 0.6 is 0 Å². The summed E-state index contributed by atoms with van der Waals surface area (Å²) in [6, 6.07) is 8.66. The summed E-state index contributed by atoms with van der Waals surface area (Å²) in [5.41, 5.74) is 2.73. The third-order valence-corrected chi connectivity index (χ3v) is 3.82. The summed E-state index contributed by atoms with van der Waals surface area (Å²) in [7, 11) is 0. The van der Waals surface area contributed by atoms with Gasteiger partial charge in [-0.05, 0) is 42.2 Å². The fourth-order valence-corrected chi connectivity index (χ4v) is 2.28. The molecule has 0 bridgehead atoms. The van der Waals surface area contributed by atoms with Crippen molar-refractivity contribution < 1.29 is 10.2 Å². The molecule has 0 spiro atoms. The Kier molecular flexibility index (Phi) is 5.57. The molecule has 3 atom stereocenters. The summed E-state index contributed by atoms with van der Waals surface area (Å²) >= 11 is 0. The topological polar surface area (TPSA) is 40.5 Å². The number of aliphatic hydroxyl groups excluding tert-OH is 2. The van der Waals surface area contributed by atoms with Gasteiger partial charge in [0.1, 0.15) is 0 Å². The maximum absolute atomic E-state index is 9.82. The predicted octanol–water partition coefficient (Wildman–Crippen LogP) is 3.61. The Morgan fingerprint density at radius 2 is 1.58 bits per heavy atom. The molecule has 0 aliphatic carbocycles. The van der Waals surface area contributed by atoms with Gasteiger partial charge in [0.05, 0.1) is 12.2 Å². The van der Waals surface area contributed by atoms with Gasteiger partial charge in [-0.15, -0.1) is 0 Å². The first-order chi connectivity index (χ1) is 8.75. The van der Waals surface area contributed by atoms with Crippen LogP contribution in [0.3, 0.4) is 0 Å². The number of hydrogen-bond acceptors (Lipinski definition) is 2. The molecule has 0 radical (unpaired) electrons. The lowest BCUT2D eigenvalue weighted by molar-refractivity contribution is 0.0215. The molecule has 0 aromatic heterocycles. The Bertz CT molecular complexity index is 373. The van der Waals surface area contributed by atoms with E-state index in [9.17, 15) is 10.2 Å². The Morgan fingerprint density at radius 1 is 1.05 bits per heavy atom. The van der Waals surface area contributed by atoms with Crippen molar-refractivity contribution in [1.82, 2.24) is 0 Å². The summed E-state index contributed by atoms with van der Waals surface area (Å²) < 4.78 is 0. The number of benzene rings is 1. The Balaban J connectivity index is 2.82. The summed E-state index contributed by atoms with van der Waals surface area (Å²) in [5, 5.41) is 19.2. The van der Waals surface area contributed by atoms with E-state index in [0.717, 1.165) is 6.42 Å². The van der Waals surface area contributed by atoms with Crippen LogP contribution in [0.2, 0.25) is 0 Å². The first kappa shape index (κ1) is 16.2. The maximum atomic E-state index is 9.82. The van der Waals surface area contributed by atoms with E-state index in [1.807, 2.05) is 0 Å². The minimum atomic E-state index is -0.664. The van der Waals surface area contributed by atoms with Gasteiger partial charge in [0, 0.05) is 0 Å². The molecule has 0 heterocycles. The van der Waals surface area contributed by atoms with Gasteiger partial charge in [-0.3, -0.25) is 0 Å². The van der Waals surface area contributed by atoms with E-state index < -0.39 is 12.2 Å². The molecule has 108 valence electrons. The van der Waals surface area contributed by atoms with Crippen molar-refractivity contribution in [2.75, 3.05) is 0 Å². The second-order valence-corrected chi connectivity index (χ2v) is 6.52. The zero-order valence-corrected chi connectivity index (χ0v) is 12.9. The average Bonchev–Trinajstić information content (AvgIpc) is 2.34. The fourth-order valence-electron chi connectivity index (χ4n) is 2.28. The van der Waals surface area contributed by atoms with Crippen molar-refractivity contribution in [1.29, 1.82) is 0 Å². The highest BCUT2D eigenvalue weighted by atomic mass is 16.3. The predicted molar refractivity (Wildman–Crippen MR) is 80.5 cm³/mol. The summed E-state index contributed by atoms with van der Waals surface area (Å²) in [6.07, 6.45) is 0.275. The molecule has 0 amide bonds. The number of rotatable bonds is 5. The van der Waals surface area contributed by atoms with Gasteiger partial charge in [-0.25, -0.2) is 0 Å². The van der Waals surface area contributed by atoms with Crippen LogP contribution in [-0.2, 0) is 5.41 Å². The van der Waals surface area contributed by atoms with Crippen molar-refractivity contribution in [3.8, 4) is 0 Å². The highest BCUT2D eigenvalue weighted by molar-refractivity contribution is 5.29. The molecule has 2 nitrogen and oxygen atoms in total. The summed E-state index contributed by atoms with van der Waals surface area (Å²) in [6.45, 7) is 10.4. The average molecular weight is 264 g/mol. The Hall–Kier alpha value is -0.860. The lowest BCUT2D eigenvalue weighted by atomic mass is 9.84. The maximum Gasteiger partial charge on any atom is 0.0802 e. The summed E-state index contributed by atoms with van der Waals surface area (Å²) in [4.78, 5) is 0. The first-order valence-electron chi connectivity index (χ1n) is 7.22. The van der Waals surface area contributed by atoms with Crippen molar-refractivity contribution in [2.24, 2.45) is 0 Å². The first-order valence-corrected chi connectivity index (χ1v) is 7.22. The Morgan fingerprint density at radius 3 is 1.95 bits per heavy atom. The highest BCUT2D eigenvalue weighted by Gasteiger charge is 2.19. The van der Waals surface area contributed by atoms with Gasteiger partial charge in [0.2, 0.25) is 0 Å². The van der Waals surface area contributed by atoms with Crippen LogP contribution < -0.4 is 0 Å². The highest BCUT2D eigenvalue weighted by Crippen LogP contribution is 2.28. The van der Waals surface area contributed by atoms with E-state index >= 15 is 0 Å². The zero-order valence-electron chi connectivity index (χ0n) is 12.9. The second kappa shape index (κ2) is 6.53. The van der Waals surface area contributed by atoms with Crippen LogP contribution in [0.15, 0.2) is 24.3 Å². The van der Waals surface area contributed by atoms with E-state index in [4.69, 9.17) is 0 Å². The molecular weight excluding hydrogens is 236 g/mol. The van der Waals surface area contributed by atoms with Crippen LogP contribution in [0.4, 0.5) is 0 Å². The van der Waals surface area contributed by atoms with Crippen molar-refractivity contribution in [3.63, 3.8) is 0 Å². The van der Waals surface area contributed by atoms with E-state index in [0.29, 0.717) is 12.3 Å². The van der Waals surface area contributed by atoms with Crippen LogP contribution in [0.1, 0.15) is 64.5 Å². The van der Waals surface area contributed by atoms with Gasteiger partial charge < -0.3 is 10.2 Å². The third kappa shape index (κ3) is 4.63. The molecule has 2 heteroatoms. The second-order valence-electron chi connectivity index (χ2n) is 6.52. The van der Waals surface area contributed by atoms with Crippen LogP contribution in [0, 0.1) is 0 Å². The van der Waals surface area contributed by atoms with Crippen molar-refractivity contribution in [2.45, 2.75) is 71.0 Å². The summed E-state index contributed by atoms with van der Waals surface area (Å²) in [5.74, 6) is 0.304. The van der Waals surface area contributed by atoms with Crippen LogP contribution in [0.5, 0.6) is 0 Å². The fraction of sp³-hybridized carbons (Fsp3) is 0.647. The van der Waals surface area contributed by atoms with Crippen LogP contribution in [-0.4, -0.2) is 22.4 Å². The van der Waals surface area contributed by atoms with Crippen LogP contribution in [0.25, 0.3) is 0 Å². The van der Waals surface area contributed by atoms with Crippen molar-refractivity contribution >= 4 is 0 Å². The van der Waals surface area contributed by atoms with E-state index in [2.05, 4.69) is 52.0 Å². The molecule has 1 rings (SSSR count). The quantitative estimate of drug-likeness (QED) is 0.853. The smallest absolute Gasteiger partial charge is 0.0802 e. The molecule has 0 fully saturated rings. The molecule has 0 aliphatic rings. The standard InChI is InChI=1S/C17H28O2/c1-6-13(11-16(19)12(2)18)14-7-9-15(10-8-14)17(3,4)5/h7-10,12-13,16,18-19H,6,11H2,1-5H3. The molecule has 3 unspecified atom stereocenters. The SMILES string of the molecule is CCC(CC(O)C(C)O)c1ccc(C(C)(C)C)cc1. The normalized spacial score (nSPS) is 17.0. The molecule has 0 aliphatic heterocycles. The number of hydrogen-bond donors (Lipinski definition) is 2. The van der Waals surface area contributed by atoms with E-state index in [-0.39, 0.29) is 5.41 Å². The van der Waals surface area contributed by atoms with Gasteiger partial charge in [0.25, 0.3) is 0 Å². The molecule has 19 heavy (non-hydrogen) atoms. The van der Waals surface area contributed by atoms with Gasteiger partial charge in [0.15, 0.2) is 0 Å². The number of aliphatic hydroxyl groups is 2. The largest absolute Gasteiger partial charge is 0.391 e.